The largest absolute Gasteiger partial charge is 0.0922 e. The van der Waals surface area contributed by atoms with Crippen molar-refractivity contribution in [3.63, 3.8) is 0 Å². The van der Waals surface area contributed by atoms with Gasteiger partial charge in [0.15, 0.2) is 0 Å². The minimum atomic E-state index is 0.700. The minimum Gasteiger partial charge on any atom is -0.0922 e. The van der Waals surface area contributed by atoms with Crippen LogP contribution >= 0.6 is 15.9 Å². The SMILES string of the molecule is CC1CCC(CC2(CBr)CCCC2)CC1. The molecule has 2 saturated carbocycles. The first-order valence-electron chi connectivity index (χ1n) is 6.80. The van der Waals surface area contributed by atoms with Gasteiger partial charge in [-0.1, -0.05) is 61.4 Å². The number of alkyl halides is 1. The summed E-state index contributed by atoms with van der Waals surface area (Å²) in [4.78, 5) is 0. The first-order chi connectivity index (χ1) is 7.24. The fourth-order valence-electron chi connectivity index (χ4n) is 3.66. The number of hydrogen-bond acceptors (Lipinski definition) is 0. The highest BCUT2D eigenvalue weighted by Crippen LogP contribution is 2.47. The molecule has 0 aromatic rings. The molecule has 0 heterocycles. The molecule has 2 fully saturated rings. The molecule has 0 amide bonds. The Morgan fingerprint density at radius 1 is 1.07 bits per heavy atom. The third-order valence-corrected chi connectivity index (χ3v) is 5.99. The van der Waals surface area contributed by atoms with Gasteiger partial charge in [-0.15, -0.1) is 0 Å². The fraction of sp³-hybridized carbons (Fsp3) is 1.00. The van der Waals surface area contributed by atoms with Crippen LogP contribution in [0.3, 0.4) is 0 Å². The van der Waals surface area contributed by atoms with Crippen molar-refractivity contribution >= 4 is 15.9 Å². The second kappa shape index (κ2) is 5.21. The zero-order chi connectivity index (χ0) is 10.7. The lowest BCUT2D eigenvalue weighted by atomic mass is 9.73. The van der Waals surface area contributed by atoms with Gasteiger partial charge in [0.25, 0.3) is 0 Å². The lowest BCUT2D eigenvalue weighted by molar-refractivity contribution is 0.192. The van der Waals surface area contributed by atoms with Gasteiger partial charge in [0.2, 0.25) is 0 Å². The number of rotatable bonds is 3. The van der Waals surface area contributed by atoms with Crippen LogP contribution in [0.15, 0.2) is 0 Å². The van der Waals surface area contributed by atoms with Gasteiger partial charge in [-0.2, -0.15) is 0 Å². The second-order valence-corrected chi connectivity index (χ2v) is 6.73. The van der Waals surface area contributed by atoms with Crippen LogP contribution in [0.25, 0.3) is 0 Å². The van der Waals surface area contributed by atoms with E-state index in [9.17, 15) is 0 Å². The predicted molar refractivity (Wildman–Crippen MR) is 70.4 cm³/mol. The first kappa shape index (κ1) is 12.0. The van der Waals surface area contributed by atoms with Gasteiger partial charge in [0.05, 0.1) is 0 Å². The summed E-state index contributed by atoms with van der Waals surface area (Å²) in [5.74, 6) is 2.06. The topological polar surface area (TPSA) is 0 Å². The molecule has 0 unspecified atom stereocenters. The molecule has 0 bridgehead atoms. The van der Waals surface area contributed by atoms with E-state index < -0.39 is 0 Å². The average Bonchev–Trinajstić information content (AvgIpc) is 2.71. The minimum absolute atomic E-state index is 0.700. The Labute approximate surface area is 103 Å². The van der Waals surface area contributed by atoms with E-state index in [0.717, 1.165) is 11.8 Å². The van der Waals surface area contributed by atoms with Crippen LogP contribution < -0.4 is 0 Å². The van der Waals surface area contributed by atoms with Crippen LogP contribution in [0.4, 0.5) is 0 Å². The normalized spacial score (nSPS) is 35.6. The van der Waals surface area contributed by atoms with Crippen molar-refractivity contribution in [3.05, 3.63) is 0 Å². The van der Waals surface area contributed by atoms with Crippen molar-refractivity contribution in [1.29, 1.82) is 0 Å². The summed E-state index contributed by atoms with van der Waals surface area (Å²) in [5, 5.41) is 1.26. The summed E-state index contributed by atoms with van der Waals surface area (Å²) < 4.78 is 0. The second-order valence-electron chi connectivity index (χ2n) is 6.17. The summed E-state index contributed by atoms with van der Waals surface area (Å²) >= 11 is 3.77. The quantitative estimate of drug-likeness (QED) is 0.623. The van der Waals surface area contributed by atoms with E-state index in [1.807, 2.05) is 0 Å². The van der Waals surface area contributed by atoms with Gasteiger partial charge in [-0.3, -0.25) is 0 Å². The Morgan fingerprint density at radius 2 is 1.67 bits per heavy atom. The van der Waals surface area contributed by atoms with Crippen molar-refractivity contribution < 1.29 is 0 Å². The van der Waals surface area contributed by atoms with E-state index in [4.69, 9.17) is 0 Å². The summed E-state index contributed by atoms with van der Waals surface area (Å²) in [6.45, 7) is 2.42. The maximum Gasteiger partial charge on any atom is 0.00880 e. The van der Waals surface area contributed by atoms with Gasteiger partial charge in [0, 0.05) is 5.33 Å². The molecular formula is C14H25Br. The Kier molecular flexibility index (Phi) is 4.15. The maximum absolute atomic E-state index is 3.77. The number of hydrogen-bond donors (Lipinski definition) is 0. The molecule has 0 aromatic heterocycles. The van der Waals surface area contributed by atoms with Crippen LogP contribution in [0.2, 0.25) is 0 Å². The molecule has 0 nitrogen and oxygen atoms in total. The molecule has 0 saturated heterocycles. The molecule has 0 radical (unpaired) electrons. The molecule has 88 valence electrons. The van der Waals surface area contributed by atoms with E-state index in [0.29, 0.717) is 5.41 Å². The van der Waals surface area contributed by atoms with Crippen molar-refractivity contribution in [3.8, 4) is 0 Å². The number of halogens is 1. The van der Waals surface area contributed by atoms with Crippen LogP contribution in [0.1, 0.15) is 64.7 Å². The Hall–Kier alpha value is 0.480. The molecule has 2 aliphatic rings. The molecule has 0 spiro atoms. The third kappa shape index (κ3) is 2.99. The van der Waals surface area contributed by atoms with Crippen molar-refractivity contribution in [2.75, 3.05) is 5.33 Å². The van der Waals surface area contributed by atoms with E-state index in [1.54, 1.807) is 0 Å². The zero-order valence-corrected chi connectivity index (χ0v) is 11.7. The molecule has 15 heavy (non-hydrogen) atoms. The maximum atomic E-state index is 3.77. The summed E-state index contributed by atoms with van der Waals surface area (Å²) in [6, 6.07) is 0. The molecule has 2 aliphatic carbocycles. The molecule has 2 rings (SSSR count). The molecule has 0 aromatic carbocycles. The molecule has 0 N–H and O–H groups in total. The average molecular weight is 273 g/mol. The van der Waals surface area contributed by atoms with E-state index >= 15 is 0 Å². The van der Waals surface area contributed by atoms with Crippen LogP contribution in [0, 0.1) is 17.3 Å². The zero-order valence-electron chi connectivity index (χ0n) is 10.1. The van der Waals surface area contributed by atoms with Crippen LogP contribution in [-0.2, 0) is 0 Å². The van der Waals surface area contributed by atoms with Gasteiger partial charge in [-0.25, -0.2) is 0 Å². The van der Waals surface area contributed by atoms with E-state index in [-0.39, 0.29) is 0 Å². The molecule has 1 heteroatoms. The van der Waals surface area contributed by atoms with E-state index in [2.05, 4.69) is 22.9 Å². The summed E-state index contributed by atoms with van der Waals surface area (Å²) in [7, 11) is 0. The smallest absolute Gasteiger partial charge is 0.00880 e. The lowest BCUT2D eigenvalue weighted by Crippen LogP contribution is -2.25. The van der Waals surface area contributed by atoms with Crippen molar-refractivity contribution in [1.82, 2.24) is 0 Å². The van der Waals surface area contributed by atoms with Crippen molar-refractivity contribution in [2.45, 2.75) is 64.7 Å². The summed E-state index contributed by atoms with van der Waals surface area (Å²) in [6.07, 6.45) is 13.5. The highest BCUT2D eigenvalue weighted by Gasteiger charge is 2.35. The third-order valence-electron chi connectivity index (χ3n) is 4.80. The standard InChI is InChI=1S/C14H25Br/c1-12-4-6-13(7-5-12)10-14(11-15)8-2-3-9-14/h12-13H,2-11H2,1H3. The van der Waals surface area contributed by atoms with Gasteiger partial charge < -0.3 is 0 Å². The van der Waals surface area contributed by atoms with Gasteiger partial charge in [0.1, 0.15) is 0 Å². The van der Waals surface area contributed by atoms with E-state index in [1.165, 1.54) is 63.1 Å². The predicted octanol–water partition coefficient (Wildman–Crippen LogP) is 5.16. The highest BCUT2D eigenvalue weighted by molar-refractivity contribution is 9.09. The molecule has 0 atom stereocenters. The highest BCUT2D eigenvalue weighted by atomic mass is 79.9. The monoisotopic (exact) mass is 272 g/mol. The Balaban J connectivity index is 1.84. The molecule has 0 aliphatic heterocycles. The van der Waals surface area contributed by atoms with Crippen LogP contribution in [-0.4, -0.2) is 5.33 Å². The van der Waals surface area contributed by atoms with Crippen molar-refractivity contribution in [2.24, 2.45) is 17.3 Å². The van der Waals surface area contributed by atoms with Gasteiger partial charge >= 0.3 is 0 Å². The van der Waals surface area contributed by atoms with Crippen LogP contribution in [0.5, 0.6) is 0 Å². The molecular weight excluding hydrogens is 248 g/mol. The first-order valence-corrected chi connectivity index (χ1v) is 7.92. The Bertz CT molecular complexity index is 186. The lowest BCUT2D eigenvalue weighted by Gasteiger charge is -2.34. The Morgan fingerprint density at radius 3 is 2.20 bits per heavy atom. The van der Waals surface area contributed by atoms with Gasteiger partial charge in [-0.05, 0) is 36.5 Å². The fourth-order valence-corrected chi connectivity index (χ4v) is 4.45. The summed E-state index contributed by atoms with van der Waals surface area (Å²) in [5.41, 5.74) is 0.700.